The molecule has 0 fully saturated rings. The van der Waals surface area contributed by atoms with Crippen LogP contribution in [0, 0.1) is 0 Å². The van der Waals surface area contributed by atoms with Crippen molar-refractivity contribution in [2.24, 2.45) is 10.7 Å². The number of nitrogens with one attached hydrogen (secondary N) is 1. The highest BCUT2D eigenvalue weighted by atomic mass is 32.1. The largest absolute Gasteiger partial charge is 0.370 e. The summed E-state index contributed by atoms with van der Waals surface area (Å²) in [4.78, 5) is 5.71. The fourth-order valence-electron chi connectivity index (χ4n) is 2.83. The molecule has 0 saturated carbocycles. The molecule has 3 N–H and O–H groups in total. The monoisotopic (exact) mass is 332 g/mol. The average molecular weight is 332 g/mol. The number of thiophene rings is 1. The van der Waals surface area contributed by atoms with Gasteiger partial charge in [0, 0.05) is 43.8 Å². The van der Waals surface area contributed by atoms with E-state index in [2.05, 4.69) is 42.6 Å². The number of aromatic nitrogens is 3. The number of fused-ring (bicyclic) bond motifs is 1. The predicted molar refractivity (Wildman–Crippen MR) is 93.8 cm³/mol. The molecule has 1 aliphatic rings. The molecule has 7 heteroatoms. The Balaban J connectivity index is 1.43. The fraction of sp³-hybridized carbons (Fsp3) is 0.562. The van der Waals surface area contributed by atoms with Crippen LogP contribution in [0.25, 0.3) is 0 Å². The van der Waals surface area contributed by atoms with Crippen LogP contribution in [-0.2, 0) is 25.8 Å². The van der Waals surface area contributed by atoms with E-state index in [4.69, 9.17) is 5.73 Å². The van der Waals surface area contributed by atoms with Crippen LogP contribution in [0.1, 0.15) is 35.8 Å². The number of hydrogen-bond donors (Lipinski definition) is 2. The van der Waals surface area contributed by atoms with Gasteiger partial charge in [-0.1, -0.05) is 12.5 Å². The summed E-state index contributed by atoms with van der Waals surface area (Å²) in [5.74, 6) is 2.70. The summed E-state index contributed by atoms with van der Waals surface area (Å²) in [6.07, 6.45) is 6.54. The maximum absolute atomic E-state index is 5.91. The number of nitrogens with zero attached hydrogens (tertiary/aromatic N) is 4. The minimum Gasteiger partial charge on any atom is -0.370 e. The van der Waals surface area contributed by atoms with E-state index in [1.54, 1.807) is 11.3 Å². The summed E-state index contributed by atoms with van der Waals surface area (Å²) in [5.41, 5.74) is 5.91. The fourth-order valence-corrected chi connectivity index (χ4v) is 3.53. The highest BCUT2D eigenvalue weighted by Crippen LogP contribution is 2.14. The second kappa shape index (κ2) is 8.10. The SMILES string of the molecule is NC(=NCCc1cccs1)NCCc1nnc2n1CCCCC2. The second-order valence-corrected chi connectivity index (χ2v) is 6.80. The van der Waals surface area contributed by atoms with E-state index in [1.807, 2.05) is 0 Å². The summed E-state index contributed by atoms with van der Waals surface area (Å²) < 4.78 is 2.28. The zero-order valence-electron chi connectivity index (χ0n) is 13.4. The highest BCUT2D eigenvalue weighted by Gasteiger charge is 2.14. The average Bonchev–Trinajstić information content (AvgIpc) is 3.13. The van der Waals surface area contributed by atoms with E-state index in [0.29, 0.717) is 5.96 Å². The molecule has 0 bridgehead atoms. The number of aryl methyl sites for hydroxylation is 1. The quantitative estimate of drug-likeness (QED) is 0.624. The number of nitrogens with two attached hydrogens (primary N) is 1. The Hall–Kier alpha value is -1.89. The topological polar surface area (TPSA) is 81.1 Å². The molecule has 0 saturated heterocycles. The zero-order valence-corrected chi connectivity index (χ0v) is 14.2. The molecule has 0 atom stereocenters. The maximum atomic E-state index is 5.91. The molecule has 0 radical (unpaired) electrons. The number of aliphatic imine (C=N–C) groups is 1. The van der Waals surface area contributed by atoms with Gasteiger partial charge in [-0.15, -0.1) is 21.5 Å². The summed E-state index contributed by atoms with van der Waals surface area (Å²) in [6.45, 7) is 2.51. The first-order valence-corrected chi connectivity index (χ1v) is 9.18. The van der Waals surface area contributed by atoms with Crippen LogP contribution in [0.3, 0.4) is 0 Å². The Bertz CT molecular complexity index is 631. The van der Waals surface area contributed by atoms with Crippen molar-refractivity contribution in [2.75, 3.05) is 13.1 Å². The number of rotatable bonds is 6. The van der Waals surface area contributed by atoms with Crippen molar-refractivity contribution >= 4 is 17.3 Å². The minimum atomic E-state index is 0.511. The van der Waals surface area contributed by atoms with Crippen LogP contribution in [0.15, 0.2) is 22.5 Å². The summed E-state index contributed by atoms with van der Waals surface area (Å²) in [6, 6.07) is 4.19. The van der Waals surface area contributed by atoms with E-state index in [-0.39, 0.29) is 0 Å². The molecule has 3 rings (SSSR count). The molecule has 0 aromatic carbocycles. The van der Waals surface area contributed by atoms with Gasteiger partial charge in [0.1, 0.15) is 11.6 Å². The Morgan fingerprint density at radius 3 is 3.13 bits per heavy atom. The second-order valence-electron chi connectivity index (χ2n) is 5.77. The van der Waals surface area contributed by atoms with Gasteiger partial charge in [-0.25, -0.2) is 0 Å². The normalized spacial score (nSPS) is 15.2. The molecule has 0 amide bonds. The third-order valence-corrected chi connectivity index (χ3v) is 5.00. The van der Waals surface area contributed by atoms with Crippen LogP contribution in [0.5, 0.6) is 0 Å². The molecule has 1 aliphatic heterocycles. The van der Waals surface area contributed by atoms with Crippen LogP contribution in [0.4, 0.5) is 0 Å². The van der Waals surface area contributed by atoms with Gasteiger partial charge in [0.15, 0.2) is 5.96 Å². The first kappa shape index (κ1) is 16.0. The molecular formula is C16H24N6S. The minimum absolute atomic E-state index is 0.511. The van der Waals surface area contributed by atoms with E-state index < -0.39 is 0 Å². The summed E-state index contributed by atoms with van der Waals surface area (Å²) in [7, 11) is 0. The lowest BCUT2D eigenvalue weighted by Gasteiger charge is -2.08. The Morgan fingerprint density at radius 2 is 2.26 bits per heavy atom. The molecule has 23 heavy (non-hydrogen) atoms. The lowest BCUT2D eigenvalue weighted by atomic mass is 10.2. The lowest BCUT2D eigenvalue weighted by Crippen LogP contribution is -2.33. The number of hydrogen-bond acceptors (Lipinski definition) is 4. The van der Waals surface area contributed by atoms with Crippen molar-refractivity contribution in [3.63, 3.8) is 0 Å². The maximum Gasteiger partial charge on any atom is 0.188 e. The van der Waals surface area contributed by atoms with Gasteiger partial charge in [-0.05, 0) is 24.3 Å². The van der Waals surface area contributed by atoms with Crippen LogP contribution >= 0.6 is 11.3 Å². The first-order chi connectivity index (χ1) is 11.3. The molecule has 3 heterocycles. The van der Waals surface area contributed by atoms with Crippen molar-refractivity contribution < 1.29 is 0 Å². The standard InChI is InChI=1S/C16H24N6S/c17-16(18-9-7-13-5-4-12-23-13)19-10-8-15-21-20-14-6-2-1-3-11-22(14)15/h4-5,12H,1-3,6-11H2,(H3,17,18,19). The van der Waals surface area contributed by atoms with Gasteiger partial charge in [-0.2, -0.15) is 0 Å². The molecule has 124 valence electrons. The molecule has 0 aliphatic carbocycles. The Kier molecular flexibility index (Phi) is 5.63. The molecule has 0 unspecified atom stereocenters. The number of guanidine groups is 1. The van der Waals surface area contributed by atoms with Crippen molar-refractivity contribution in [3.05, 3.63) is 34.0 Å². The van der Waals surface area contributed by atoms with Gasteiger partial charge in [0.25, 0.3) is 0 Å². The Morgan fingerprint density at radius 1 is 1.30 bits per heavy atom. The Labute approximate surface area is 140 Å². The third-order valence-electron chi connectivity index (χ3n) is 4.06. The van der Waals surface area contributed by atoms with Crippen molar-refractivity contribution in [1.82, 2.24) is 20.1 Å². The predicted octanol–water partition coefficient (Wildman–Crippen LogP) is 1.76. The van der Waals surface area contributed by atoms with E-state index >= 15 is 0 Å². The van der Waals surface area contributed by atoms with E-state index in [9.17, 15) is 0 Å². The van der Waals surface area contributed by atoms with Crippen molar-refractivity contribution in [3.8, 4) is 0 Å². The molecule has 0 spiro atoms. The molecule has 2 aromatic rings. The van der Waals surface area contributed by atoms with E-state index in [0.717, 1.165) is 50.5 Å². The third kappa shape index (κ3) is 4.54. The van der Waals surface area contributed by atoms with Gasteiger partial charge in [0.2, 0.25) is 0 Å². The van der Waals surface area contributed by atoms with Crippen LogP contribution in [0.2, 0.25) is 0 Å². The first-order valence-electron chi connectivity index (χ1n) is 8.30. The summed E-state index contributed by atoms with van der Waals surface area (Å²) >= 11 is 1.76. The van der Waals surface area contributed by atoms with Crippen molar-refractivity contribution in [1.29, 1.82) is 0 Å². The van der Waals surface area contributed by atoms with Gasteiger partial charge in [0.05, 0.1) is 0 Å². The van der Waals surface area contributed by atoms with Gasteiger partial charge in [-0.3, -0.25) is 4.99 Å². The molecular weight excluding hydrogens is 308 g/mol. The van der Waals surface area contributed by atoms with Crippen molar-refractivity contribution in [2.45, 2.75) is 45.1 Å². The smallest absolute Gasteiger partial charge is 0.188 e. The van der Waals surface area contributed by atoms with Gasteiger partial charge < -0.3 is 15.6 Å². The van der Waals surface area contributed by atoms with Gasteiger partial charge >= 0.3 is 0 Å². The summed E-state index contributed by atoms with van der Waals surface area (Å²) in [5, 5.41) is 13.9. The lowest BCUT2D eigenvalue weighted by molar-refractivity contribution is 0.601. The van der Waals surface area contributed by atoms with Crippen LogP contribution in [-0.4, -0.2) is 33.8 Å². The zero-order chi connectivity index (χ0) is 15.9. The highest BCUT2D eigenvalue weighted by molar-refractivity contribution is 7.09. The van der Waals surface area contributed by atoms with Crippen LogP contribution < -0.4 is 11.1 Å². The molecule has 2 aromatic heterocycles. The van der Waals surface area contributed by atoms with E-state index in [1.165, 1.54) is 24.1 Å². The molecule has 6 nitrogen and oxygen atoms in total.